The Bertz CT molecular complexity index is 176. The van der Waals surface area contributed by atoms with Gasteiger partial charge in [0, 0.05) is 0 Å². The van der Waals surface area contributed by atoms with Gasteiger partial charge in [0.05, 0.1) is 0 Å². The first-order valence-corrected chi connectivity index (χ1v) is 6.62. The maximum absolute atomic E-state index is 2.45. The smallest absolute Gasteiger partial charge is 0.0298 e. The standard InChI is InChI=1S/C15H32/c1-10(2)12(5)14(7)15(8,9)13(6)11(3)4/h10-14H,1-9H3. The fourth-order valence-electron chi connectivity index (χ4n) is 2.53. The van der Waals surface area contributed by atoms with E-state index in [1.165, 1.54) is 0 Å². The van der Waals surface area contributed by atoms with E-state index in [1.54, 1.807) is 0 Å². The third kappa shape index (κ3) is 3.50. The van der Waals surface area contributed by atoms with Crippen molar-refractivity contribution in [2.75, 3.05) is 0 Å². The third-order valence-electron chi connectivity index (χ3n) is 5.19. The Morgan fingerprint density at radius 3 is 1.27 bits per heavy atom. The molecule has 3 atom stereocenters. The molecule has 0 N–H and O–H groups in total. The van der Waals surface area contributed by atoms with Crippen LogP contribution in [0, 0.1) is 35.0 Å². The molecule has 0 fully saturated rings. The van der Waals surface area contributed by atoms with Crippen molar-refractivity contribution in [3.8, 4) is 0 Å². The fraction of sp³-hybridized carbons (Fsp3) is 1.00. The van der Waals surface area contributed by atoms with Crippen molar-refractivity contribution >= 4 is 0 Å². The summed E-state index contributed by atoms with van der Waals surface area (Å²) in [6, 6.07) is 0. The second-order valence-corrected chi connectivity index (χ2v) is 6.75. The van der Waals surface area contributed by atoms with Crippen LogP contribution < -0.4 is 0 Å². The molecule has 0 aromatic rings. The van der Waals surface area contributed by atoms with Crippen LogP contribution in [0.3, 0.4) is 0 Å². The van der Waals surface area contributed by atoms with Crippen molar-refractivity contribution < 1.29 is 0 Å². The molecule has 0 aromatic heterocycles. The first-order chi connectivity index (χ1) is 6.62. The highest BCUT2D eigenvalue weighted by molar-refractivity contribution is 4.85. The Balaban J connectivity index is 4.71. The van der Waals surface area contributed by atoms with Crippen molar-refractivity contribution in [2.24, 2.45) is 35.0 Å². The molecular weight excluding hydrogens is 180 g/mol. The molecule has 0 saturated carbocycles. The van der Waals surface area contributed by atoms with Gasteiger partial charge in [-0.2, -0.15) is 0 Å². The van der Waals surface area contributed by atoms with Crippen LogP contribution in [0.4, 0.5) is 0 Å². The quantitative estimate of drug-likeness (QED) is 0.585. The first-order valence-electron chi connectivity index (χ1n) is 6.62. The molecule has 0 rings (SSSR count). The van der Waals surface area contributed by atoms with E-state index in [1.807, 2.05) is 0 Å². The van der Waals surface area contributed by atoms with Gasteiger partial charge in [-0.05, 0) is 35.0 Å². The van der Waals surface area contributed by atoms with E-state index in [2.05, 4.69) is 62.3 Å². The molecule has 0 aliphatic heterocycles. The molecule has 0 aliphatic rings. The summed E-state index contributed by atoms with van der Waals surface area (Å²) in [6.45, 7) is 21.5. The van der Waals surface area contributed by atoms with Gasteiger partial charge >= 0.3 is 0 Å². The zero-order chi connectivity index (χ0) is 12.4. The summed E-state index contributed by atoms with van der Waals surface area (Å²) >= 11 is 0. The van der Waals surface area contributed by atoms with Crippen LogP contribution in [-0.2, 0) is 0 Å². The van der Waals surface area contributed by atoms with E-state index in [9.17, 15) is 0 Å². The average molecular weight is 212 g/mol. The van der Waals surface area contributed by atoms with Crippen LogP contribution in [-0.4, -0.2) is 0 Å². The molecule has 0 nitrogen and oxygen atoms in total. The van der Waals surface area contributed by atoms with Gasteiger partial charge in [-0.25, -0.2) is 0 Å². The molecule has 15 heavy (non-hydrogen) atoms. The van der Waals surface area contributed by atoms with E-state index >= 15 is 0 Å². The second kappa shape index (κ2) is 5.37. The Kier molecular flexibility index (Phi) is 5.37. The molecule has 3 unspecified atom stereocenters. The van der Waals surface area contributed by atoms with Gasteiger partial charge in [0.15, 0.2) is 0 Å². The van der Waals surface area contributed by atoms with Crippen molar-refractivity contribution in [3.05, 3.63) is 0 Å². The SMILES string of the molecule is CC(C)C(C)C(C)C(C)(C)C(C)C(C)C. The van der Waals surface area contributed by atoms with Gasteiger partial charge in [-0.15, -0.1) is 0 Å². The molecule has 0 bridgehead atoms. The molecular formula is C15H32. The maximum Gasteiger partial charge on any atom is -0.0298 e. The molecule has 0 radical (unpaired) electrons. The van der Waals surface area contributed by atoms with E-state index in [-0.39, 0.29) is 0 Å². The highest BCUT2D eigenvalue weighted by Gasteiger charge is 2.36. The van der Waals surface area contributed by atoms with Gasteiger partial charge in [0.1, 0.15) is 0 Å². The molecule has 0 aliphatic carbocycles. The van der Waals surface area contributed by atoms with E-state index < -0.39 is 0 Å². The number of rotatable bonds is 5. The normalized spacial score (nSPS) is 19.4. The van der Waals surface area contributed by atoms with Crippen LogP contribution in [0.5, 0.6) is 0 Å². The Morgan fingerprint density at radius 1 is 0.600 bits per heavy atom. The minimum absolute atomic E-state index is 0.442. The molecule has 0 heterocycles. The number of hydrogen-bond donors (Lipinski definition) is 0. The molecule has 0 saturated heterocycles. The zero-order valence-corrected chi connectivity index (χ0v) is 12.4. The van der Waals surface area contributed by atoms with Gasteiger partial charge in [0.25, 0.3) is 0 Å². The lowest BCUT2D eigenvalue weighted by molar-refractivity contribution is 0.0529. The van der Waals surface area contributed by atoms with Crippen LogP contribution in [0.15, 0.2) is 0 Å². The van der Waals surface area contributed by atoms with Crippen LogP contribution in [0.1, 0.15) is 62.3 Å². The maximum atomic E-state index is 2.45. The predicted octanol–water partition coefficient (Wildman–Crippen LogP) is 5.23. The lowest BCUT2D eigenvalue weighted by Crippen LogP contribution is -2.37. The molecule has 0 spiro atoms. The lowest BCUT2D eigenvalue weighted by atomic mass is 9.62. The summed E-state index contributed by atoms with van der Waals surface area (Å²) in [5, 5.41) is 0. The van der Waals surface area contributed by atoms with Crippen molar-refractivity contribution in [1.29, 1.82) is 0 Å². The van der Waals surface area contributed by atoms with Crippen molar-refractivity contribution in [3.63, 3.8) is 0 Å². The first kappa shape index (κ1) is 15.0. The lowest BCUT2D eigenvalue weighted by Gasteiger charge is -2.43. The van der Waals surface area contributed by atoms with E-state index in [0.717, 1.165) is 29.6 Å². The minimum Gasteiger partial charge on any atom is -0.0625 e. The largest absolute Gasteiger partial charge is 0.0625 e. The molecule has 92 valence electrons. The van der Waals surface area contributed by atoms with Crippen LogP contribution >= 0.6 is 0 Å². The monoisotopic (exact) mass is 212 g/mol. The predicted molar refractivity (Wildman–Crippen MR) is 70.9 cm³/mol. The highest BCUT2D eigenvalue weighted by atomic mass is 14.4. The summed E-state index contributed by atoms with van der Waals surface area (Å²) < 4.78 is 0. The van der Waals surface area contributed by atoms with Crippen LogP contribution in [0.25, 0.3) is 0 Å². The number of hydrogen-bond acceptors (Lipinski definition) is 0. The Labute approximate surface area is 97.8 Å². The third-order valence-corrected chi connectivity index (χ3v) is 5.19. The molecule has 0 aromatic carbocycles. The van der Waals surface area contributed by atoms with Gasteiger partial charge in [0.2, 0.25) is 0 Å². The van der Waals surface area contributed by atoms with Crippen LogP contribution in [0.2, 0.25) is 0 Å². The summed E-state index contributed by atoms with van der Waals surface area (Å²) in [5.74, 6) is 3.95. The summed E-state index contributed by atoms with van der Waals surface area (Å²) in [5.41, 5.74) is 0.442. The highest BCUT2D eigenvalue weighted by Crippen LogP contribution is 2.43. The van der Waals surface area contributed by atoms with Crippen molar-refractivity contribution in [2.45, 2.75) is 62.3 Å². The topological polar surface area (TPSA) is 0 Å². The van der Waals surface area contributed by atoms with Crippen molar-refractivity contribution in [1.82, 2.24) is 0 Å². The van der Waals surface area contributed by atoms with E-state index in [0.29, 0.717) is 5.41 Å². The molecule has 0 amide bonds. The molecule has 0 heteroatoms. The van der Waals surface area contributed by atoms with Gasteiger partial charge in [-0.1, -0.05) is 62.3 Å². The summed E-state index contributed by atoms with van der Waals surface area (Å²) in [4.78, 5) is 0. The summed E-state index contributed by atoms with van der Waals surface area (Å²) in [7, 11) is 0. The van der Waals surface area contributed by atoms with Gasteiger partial charge in [-0.3, -0.25) is 0 Å². The zero-order valence-electron chi connectivity index (χ0n) is 12.4. The second-order valence-electron chi connectivity index (χ2n) is 6.75. The van der Waals surface area contributed by atoms with Gasteiger partial charge < -0.3 is 0 Å². The Morgan fingerprint density at radius 2 is 1.00 bits per heavy atom. The summed E-state index contributed by atoms with van der Waals surface area (Å²) in [6.07, 6.45) is 0. The van der Waals surface area contributed by atoms with E-state index in [4.69, 9.17) is 0 Å². The Hall–Kier alpha value is 0. The average Bonchev–Trinajstić information content (AvgIpc) is 2.13. The minimum atomic E-state index is 0.442. The fourth-order valence-corrected chi connectivity index (χ4v) is 2.53.